The standard InChI is InChI=1S/C46H74NO9P/c1-3-5-7-9-11-13-15-17-19-20-21-22-23-25-27-29-31-33-35-37-39-53-40-43(41-54-57(51,52)55-42-44(47)46(49)50)56-45(48)38-36-34-32-30-28-26-24-18-16-14-12-10-8-6-4-2/h5-8,11-14,17-19,21-22,24,28,30,34,36,43-44H,3-4,9-10,15-16,20,23,25-27,29,31-33,35,37-42,47H2,1-2H3,(H,49,50)(H,51,52)/b7-5-,8-6-,13-11-,14-12-,19-17-,22-21-,24-18-,30-28-,36-34-. The third-order valence-corrected chi connectivity index (χ3v) is 9.03. The number of rotatable bonds is 38. The Balaban J connectivity index is 4.41. The second-order valence-electron chi connectivity index (χ2n) is 13.4. The van der Waals surface area contributed by atoms with Crippen molar-refractivity contribution in [2.75, 3.05) is 26.4 Å². The summed E-state index contributed by atoms with van der Waals surface area (Å²) in [6.45, 7) is 3.47. The van der Waals surface area contributed by atoms with E-state index in [9.17, 15) is 19.0 Å². The third-order valence-electron chi connectivity index (χ3n) is 8.08. The van der Waals surface area contributed by atoms with E-state index in [0.29, 0.717) is 13.0 Å². The lowest BCUT2D eigenvalue weighted by atomic mass is 10.1. The quantitative estimate of drug-likeness (QED) is 0.0237. The summed E-state index contributed by atoms with van der Waals surface area (Å²) in [7, 11) is -4.65. The summed E-state index contributed by atoms with van der Waals surface area (Å²) >= 11 is 0. The minimum absolute atomic E-state index is 0.00815. The summed E-state index contributed by atoms with van der Waals surface area (Å²) in [4.78, 5) is 33.4. The van der Waals surface area contributed by atoms with Gasteiger partial charge in [0, 0.05) is 6.61 Å². The second kappa shape index (κ2) is 40.8. The number of hydrogen-bond donors (Lipinski definition) is 3. The molecule has 0 fully saturated rings. The van der Waals surface area contributed by atoms with Gasteiger partial charge in [-0.3, -0.25) is 18.6 Å². The molecular weight excluding hydrogens is 741 g/mol. The Morgan fingerprint density at radius 1 is 0.561 bits per heavy atom. The average molecular weight is 816 g/mol. The molecule has 57 heavy (non-hydrogen) atoms. The first-order chi connectivity index (χ1) is 27.7. The Labute approximate surface area is 344 Å². The van der Waals surface area contributed by atoms with Gasteiger partial charge in [0.2, 0.25) is 0 Å². The van der Waals surface area contributed by atoms with Gasteiger partial charge in [-0.05, 0) is 77.0 Å². The molecule has 0 aliphatic rings. The van der Waals surface area contributed by atoms with Gasteiger partial charge in [-0.1, -0.05) is 155 Å². The number of nitrogens with two attached hydrogens (primary N) is 1. The van der Waals surface area contributed by atoms with E-state index < -0.39 is 45.1 Å². The van der Waals surface area contributed by atoms with Gasteiger partial charge in [0.25, 0.3) is 0 Å². The lowest BCUT2D eigenvalue weighted by molar-refractivity contribution is -0.153. The van der Waals surface area contributed by atoms with Crippen LogP contribution in [0.1, 0.15) is 129 Å². The molecule has 11 heteroatoms. The molecule has 0 aliphatic heterocycles. The number of hydrogen-bond acceptors (Lipinski definition) is 8. The van der Waals surface area contributed by atoms with Crippen LogP contribution < -0.4 is 5.73 Å². The van der Waals surface area contributed by atoms with E-state index in [-0.39, 0.29) is 13.0 Å². The number of allylic oxidation sites excluding steroid dienone is 17. The van der Waals surface area contributed by atoms with Crippen molar-refractivity contribution in [2.24, 2.45) is 5.73 Å². The van der Waals surface area contributed by atoms with E-state index in [1.54, 1.807) is 6.08 Å². The first-order valence-electron chi connectivity index (χ1n) is 20.9. The molecule has 0 saturated heterocycles. The predicted molar refractivity (Wildman–Crippen MR) is 235 cm³/mol. The molecule has 3 unspecified atom stereocenters. The molecule has 0 amide bonds. The van der Waals surface area contributed by atoms with Crippen molar-refractivity contribution in [3.8, 4) is 0 Å². The average Bonchev–Trinajstić information content (AvgIpc) is 3.19. The Bertz CT molecular complexity index is 1310. The highest BCUT2D eigenvalue weighted by molar-refractivity contribution is 7.47. The molecule has 10 nitrogen and oxygen atoms in total. The number of aliphatic carboxylic acids is 1. The maximum Gasteiger partial charge on any atom is 0.472 e. The van der Waals surface area contributed by atoms with E-state index in [2.05, 4.69) is 110 Å². The van der Waals surface area contributed by atoms with Crippen molar-refractivity contribution in [1.29, 1.82) is 0 Å². The first-order valence-corrected chi connectivity index (χ1v) is 22.4. The number of carboxylic acid groups (broad SMARTS) is 1. The van der Waals surface area contributed by atoms with Gasteiger partial charge in [0.15, 0.2) is 0 Å². The third kappa shape index (κ3) is 40.6. The zero-order chi connectivity index (χ0) is 41.9. The highest BCUT2D eigenvalue weighted by Crippen LogP contribution is 2.43. The zero-order valence-corrected chi connectivity index (χ0v) is 35.8. The minimum atomic E-state index is -4.65. The van der Waals surface area contributed by atoms with E-state index in [0.717, 1.165) is 83.5 Å². The lowest BCUT2D eigenvalue weighted by Gasteiger charge is -2.20. The smallest absolute Gasteiger partial charge is 0.472 e. The van der Waals surface area contributed by atoms with Crippen molar-refractivity contribution in [1.82, 2.24) is 0 Å². The molecule has 4 N–H and O–H groups in total. The molecule has 0 saturated carbocycles. The predicted octanol–water partition coefficient (Wildman–Crippen LogP) is 11.5. The Morgan fingerprint density at radius 3 is 1.44 bits per heavy atom. The van der Waals surface area contributed by atoms with Crippen LogP contribution in [0.15, 0.2) is 109 Å². The molecule has 0 aromatic carbocycles. The van der Waals surface area contributed by atoms with Crippen molar-refractivity contribution < 1.29 is 42.7 Å². The fraction of sp³-hybridized carbons (Fsp3) is 0.565. The molecule has 0 aromatic heterocycles. The molecule has 0 heterocycles. The number of carbonyl (C=O) groups is 2. The van der Waals surface area contributed by atoms with Gasteiger partial charge in [-0.25, -0.2) is 4.57 Å². The highest BCUT2D eigenvalue weighted by atomic mass is 31.2. The number of ether oxygens (including phenoxy) is 2. The molecule has 0 bridgehead atoms. The second-order valence-corrected chi connectivity index (χ2v) is 14.8. The Morgan fingerprint density at radius 2 is 0.965 bits per heavy atom. The van der Waals surface area contributed by atoms with Crippen LogP contribution in [0.5, 0.6) is 0 Å². The molecule has 0 aliphatic carbocycles. The summed E-state index contributed by atoms with van der Waals surface area (Å²) in [5.41, 5.74) is 5.34. The van der Waals surface area contributed by atoms with Gasteiger partial charge >= 0.3 is 19.8 Å². The van der Waals surface area contributed by atoms with Crippen molar-refractivity contribution >= 4 is 19.8 Å². The van der Waals surface area contributed by atoms with Crippen LogP contribution in [-0.4, -0.2) is 60.5 Å². The SMILES string of the molecule is CC/C=C\C/C=C\C/C=C\C/C=C\C/C=C\CC(=O)OC(COCCCCCCCCC/C=C\C/C=C\C/C=C\C/C=C\CC)COP(=O)(O)OCC(N)C(=O)O. The van der Waals surface area contributed by atoms with Crippen LogP contribution in [0.2, 0.25) is 0 Å². The molecule has 322 valence electrons. The number of phosphoric acid groups is 1. The van der Waals surface area contributed by atoms with Gasteiger partial charge in [-0.2, -0.15) is 0 Å². The van der Waals surface area contributed by atoms with Crippen LogP contribution in [0, 0.1) is 0 Å². The number of carboxylic acids is 1. The van der Waals surface area contributed by atoms with Gasteiger partial charge in [0.1, 0.15) is 12.1 Å². The zero-order valence-electron chi connectivity index (χ0n) is 34.9. The highest BCUT2D eigenvalue weighted by Gasteiger charge is 2.27. The molecule has 0 spiro atoms. The monoisotopic (exact) mass is 816 g/mol. The van der Waals surface area contributed by atoms with Crippen molar-refractivity contribution in [3.63, 3.8) is 0 Å². The number of unbranched alkanes of at least 4 members (excludes halogenated alkanes) is 7. The summed E-state index contributed by atoms with van der Waals surface area (Å²) in [6, 6.07) is -1.49. The molecular formula is C46H74NO9P. The van der Waals surface area contributed by atoms with Gasteiger partial charge in [0.05, 0.1) is 26.2 Å². The summed E-state index contributed by atoms with van der Waals surface area (Å²) in [5.74, 6) is -1.93. The van der Waals surface area contributed by atoms with E-state index >= 15 is 0 Å². The van der Waals surface area contributed by atoms with Gasteiger partial charge in [-0.15, -0.1) is 0 Å². The molecule has 0 rings (SSSR count). The van der Waals surface area contributed by atoms with E-state index in [1.165, 1.54) is 19.3 Å². The molecule has 0 radical (unpaired) electrons. The number of esters is 1. The number of carbonyl (C=O) groups excluding carboxylic acids is 1. The summed E-state index contributed by atoms with van der Waals surface area (Å²) in [5, 5.41) is 8.89. The van der Waals surface area contributed by atoms with Crippen LogP contribution in [0.25, 0.3) is 0 Å². The Hall–Kier alpha value is -3.37. The topological polar surface area (TPSA) is 155 Å². The lowest BCUT2D eigenvalue weighted by Crippen LogP contribution is -2.34. The fourth-order valence-corrected chi connectivity index (χ4v) is 5.68. The van der Waals surface area contributed by atoms with Crippen LogP contribution in [-0.2, 0) is 32.7 Å². The van der Waals surface area contributed by atoms with Crippen LogP contribution in [0.3, 0.4) is 0 Å². The van der Waals surface area contributed by atoms with Crippen LogP contribution >= 0.6 is 7.82 Å². The van der Waals surface area contributed by atoms with E-state index in [4.69, 9.17) is 24.8 Å². The number of phosphoric ester groups is 1. The Kier molecular flexibility index (Phi) is 38.4. The minimum Gasteiger partial charge on any atom is -0.480 e. The summed E-state index contributed by atoms with van der Waals surface area (Å²) < 4.78 is 33.2. The fourth-order valence-electron chi connectivity index (χ4n) is 4.90. The van der Waals surface area contributed by atoms with Crippen LogP contribution in [0.4, 0.5) is 0 Å². The van der Waals surface area contributed by atoms with E-state index in [1.807, 2.05) is 12.2 Å². The first kappa shape index (κ1) is 53.6. The van der Waals surface area contributed by atoms with Gasteiger partial charge < -0.3 is 25.2 Å². The molecule has 3 atom stereocenters. The normalized spacial score (nSPS) is 15.0. The maximum atomic E-state index is 12.6. The maximum absolute atomic E-state index is 12.6. The van der Waals surface area contributed by atoms with Crippen molar-refractivity contribution in [3.05, 3.63) is 109 Å². The molecule has 0 aromatic rings. The summed E-state index contributed by atoms with van der Waals surface area (Å²) in [6.07, 6.45) is 54.6. The van der Waals surface area contributed by atoms with Crippen molar-refractivity contribution in [2.45, 2.75) is 142 Å². The largest absolute Gasteiger partial charge is 0.480 e.